The van der Waals surface area contributed by atoms with Crippen LogP contribution < -0.4 is 10.8 Å². The van der Waals surface area contributed by atoms with Crippen LogP contribution in [0.15, 0.2) is 23.4 Å². The van der Waals surface area contributed by atoms with E-state index in [-0.39, 0.29) is 41.0 Å². The molecule has 9 heteroatoms. The number of carbonyl (C=O) groups excluding carboxylic acids is 2. The standard InChI is InChI=1S/C19H26N4O3S.HI/c20-15-17(24)23-16(19(25)26)13(12-27-18(15)23)6-4-9-22-11-5-10-21-8-3-1-2-7-14(21)22;/h4,6,15,18H,1-3,5,7-12,20H2;1H/t15-,18-;/m1./s1. The third kappa shape index (κ3) is 3.97. The van der Waals surface area contributed by atoms with E-state index in [2.05, 4.69) is 9.48 Å². The molecule has 2 saturated heterocycles. The number of halogens is 1. The Bertz CT molecular complexity index is 751. The van der Waals surface area contributed by atoms with Gasteiger partial charge in [0.2, 0.25) is 11.7 Å². The van der Waals surface area contributed by atoms with Crippen LogP contribution in [0.4, 0.5) is 0 Å². The van der Waals surface area contributed by atoms with Gasteiger partial charge in [0.1, 0.15) is 18.0 Å². The average Bonchev–Trinajstić information content (AvgIpc) is 2.92. The second-order valence-corrected chi connectivity index (χ2v) is 8.62. The molecule has 28 heavy (non-hydrogen) atoms. The summed E-state index contributed by atoms with van der Waals surface area (Å²) in [6.45, 7) is 4.09. The van der Waals surface area contributed by atoms with E-state index in [1.807, 2.05) is 12.2 Å². The van der Waals surface area contributed by atoms with Crippen LogP contribution in [0, 0.1) is 0 Å². The lowest BCUT2D eigenvalue weighted by Gasteiger charge is -2.49. The number of carboxylic acids is 1. The van der Waals surface area contributed by atoms with Gasteiger partial charge in [-0.05, 0) is 30.9 Å². The van der Waals surface area contributed by atoms with Crippen LogP contribution in [-0.2, 0) is 9.59 Å². The molecule has 0 aliphatic carbocycles. The molecule has 154 valence electrons. The number of hydrogen-bond donors (Lipinski definition) is 1. The summed E-state index contributed by atoms with van der Waals surface area (Å²) >= 11 is 1.51. The highest BCUT2D eigenvalue weighted by molar-refractivity contribution is 14.0. The third-order valence-corrected chi connectivity index (χ3v) is 7.11. The van der Waals surface area contributed by atoms with Crippen LogP contribution in [0.5, 0.6) is 0 Å². The number of nitrogens with zero attached hydrogens (tertiary/aromatic N) is 3. The molecule has 0 aromatic rings. The molecule has 2 atom stereocenters. The first-order chi connectivity index (χ1) is 13.1. The summed E-state index contributed by atoms with van der Waals surface area (Å²) in [7, 11) is 0. The van der Waals surface area contributed by atoms with Gasteiger partial charge in [0.15, 0.2) is 0 Å². The maximum atomic E-state index is 12.0. The Morgan fingerprint density at radius 2 is 2.07 bits per heavy atom. The van der Waals surface area contributed by atoms with Crippen molar-refractivity contribution >= 4 is 53.5 Å². The van der Waals surface area contributed by atoms with E-state index >= 15 is 0 Å². The van der Waals surface area contributed by atoms with Crippen molar-refractivity contribution in [2.45, 2.75) is 43.5 Å². The van der Waals surface area contributed by atoms with E-state index in [1.165, 1.54) is 41.8 Å². The van der Waals surface area contributed by atoms with Crippen LogP contribution in [-0.4, -0.2) is 75.4 Å². The van der Waals surface area contributed by atoms with Crippen molar-refractivity contribution < 1.29 is 19.3 Å². The number of carbonyl (C=O) groups is 2. The number of nitrogens with two attached hydrogens (primary N) is 1. The van der Waals surface area contributed by atoms with E-state index in [1.54, 1.807) is 0 Å². The highest BCUT2D eigenvalue weighted by atomic mass is 127. The average molecular weight is 518 g/mol. The second-order valence-electron chi connectivity index (χ2n) is 7.51. The first-order valence-electron chi connectivity index (χ1n) is 9.75. The maximum Gasteiger partial charge on any atom is 0.248 e. The molecular formula is C19H27IN4O3S. The lowest BCUT2D eigenvalue weighted by atomic mass is 10.0. The number of thioether (sulfide) groups is 1. The van der Waals surface area contributed by atoms with Crippen molar-refractivity contribution in [1.29, 1.82) is 0 Å². The van der Waals surface area contributed by atoms with Crippen molar-refractivity contribution in [3.63, 3.8) is 0 Å². The zero-order valence-corrected chi connectivity index (χ0v) is 19.0. The Kier molecular flexibility index (Phi) is 7.08. The molecule has 4 aliphatic rings. The lowest BCUT2D eigenvalue weighted by Crippen LogP contribution is -2.69. The van der Waals surface area contributed by atoms with Crippen molar-refractivity contribution in [3.8, 4) is 0 Å². The smallest absolute Gasteiger partial charge is 0.248 e. The topological polar surface area (TPSA) is 92.7 Å². The predicted octanol–water partition coefficient (Wildman–Crippen LogP) is 0.0977. The zero-order chi connectivity index (χ0) is 19.0. The fourth-order valence-corrected chi connectivity index (χ4v) is 5.67. The van der Waals surface area contributed by atoms with Gasteiger partial charge in [-0.2, -0.15) is 0 Å². The van der Waals surface area contributed by atoms with Crippen molar-refractivity contribution in [1.82, 2.24) is 9.80 Å². The second kappa shape index (κ2) is 9.17. The molecule has 0 aromatic carbocycles. The highest BCUT2D eigenvalue weighted by Gasteiger charge is 2.49. The van der Waals surface area contributed by atoms with Gasteiger partial charge in [0, 0.05) is 18.6 Å². The Hall–Kier alpha value is -1.07. The van der Waals surface area contributed by atoms with Crippen LogP contribution in [0.1, 0.15) is 32.1 Å². The molecule has 1 amide bonds. The molecule has 0 saturated carbocycles. The molecule has 0 bridgehead atoms. The van der Waals surface area contributed by atoms with E-state index < -0.39 is 12.0 Å². The van der Waals surface area contributed by atoms with E-state index in [0.29, 0.717) is 11.3 Å². The Balaban J connectivity index is 0.00000225. The molecule has 4 rings (SSSR count). The van der Waals surface area contributed by atoms with Gasteiger partial charge in [0.05, 0.1) is 31.3 Å². The first-order valence-corrected chi connectivity index (χ1v) is 10.8. The minimum absolute atomic E-state index is 0. The van der Waals surface area contributed by atoms with Gasteiger partial charge in [-0.3, -0.25) is 19.2 Å². The number of hydrogen-bond acceptors (Lipinski definition) is 6. The van der Waals surface area contributed by atoms with Gasteiger partial charge in [-0.25, -0.2) is 0 Å². The number of fused-ring (bicyclic) bond motifs is 2. The van der Waals surface area contributed by atoms with Gasteiger partial charge in [-0.15, -0.1) is 35.7 Å². The fraction of sp³-hybridized carbons (Fsp3) is 0.632. The minimum Gasteiger partial charge on any atom is -0.543 e. The molecule has 4 aliphatic heterocycles. The molecule has 0 spiro atoms. The lowest BCUT2D eigenvalue weighted by molar-refractivity contribution is -0.529. The number of aliphatic carboxylic acids is 1. The molecule has 0 aromatic heterocycles. The molecule has 4 heterocycles. The number of rotatable bonds is 4. The van der Waals surface area contributed by atoms with Gasteiger partial charge in [-0.1, -0.05) is 6.08 Å². The van der Waals surface area contributed by atoms with Crippen LogP contribution in [0.2, 0.25) is 0 Å². The normalized spacial score (nSPS) is 27.8. The van der Waals surface area contributed by atoms with Crippen LogP contribution >= 0.6 is 35.7 Å². The van der Waals surface area contributed by atoms with Gasteiger partial charge < -0.3 is 15.6 Å². The first kappa shape index (κ1) is 21.6. The highest BCUT2D eigenvalue weighted by Crippen LogP contribution is 2.39. The van der Waals surface area contributed by atoms with Crippen LogP contribution in [0.25, 0.3) is 0 Å². The summed E-state index contributed by atoms with van der Waals surface area (Å²) in [6.07, 6.45) is 9.93. The van der Waals surface area contributed by atoms with Crippen LogP contribution in [0.3, 0.4) is 0 Å². The summed E-state index contributed by atoms with van der Waals surface area (Å²) in [5.74, 6) is 0.324. The number of amides is 1. The largest absolute Gasteiger partial charge is 0.543 e. The zero-order valence-electron chi connectivity index (χ0n) is 15.8. The summed E-state index contributed by atoms with van der Waals surface area (Å²) in [4.78, 5) is 27.4. The van der Waals surface area contributed by atoms with Gasteiger partial charge >= 0.3 is 0 Å². The molecule has 0 radical (unpaired) electrons. The van der Waals surface area contributed by atoms with Crippen molar-refractivity contribution in [2.24, 2.45) is 5.73 Å². The molecule has 2 N–H and O–H groups in total. The summed E-state index contributed by atoms with van der Waals surface area (Å²) in [5, 5.41) is 11.4. The summed E-state index contributed by atoms with van der Waals surface area (Å²) in [5.41, 5.74) is 6.40. The Labute approximate surface area is 186 Å². The van der Waals surface area contributed by atoms with E-state index in [4.69, 9.17) is 5.73 Å². The van der Waals surface area contributed by atoms with E-state index in [0.717, 1.165) is 39.0 Å². The van der Waals surface area contributed by atoms with Gasteiger partial charge in [0.25, 0.3) is 0 Å². The fourth-order valence-electron chi connectivity index (χ4n) is 4.41. The predicted molar refractivity (Wildman–Crippen MR) is 117 cm³/mol. The SMILES string of the molecule is I.N[C@@H]1C(=O)N2C(C(=O)[O-])=C(C=CC[N+]3=C4CCCCCN4CCC3)CS[C@H]12. The molecule has 7 nitrogen and oxygen atoms in total. The monoisotopic (exact) mass is 518 g/mol. The number of carboxylic acid groups (broad SMARTS) is 1. The molecule has 2 fully saturated rings. The van der Waals surface area contributed by atoms with E-state index in [9.17, 15) is 14.7 Å². The van der Waals surface area contributed by atoms with Crippen molar-refractivity contribution in [3.05, 3.63) is 23.4 Å². The number of β-lactam (4-membered cyclic amide) rings is 1. The Morgan fingerprint density at radius 3 is 2.86 bits per heavy atom. The maximum absolute atomic E-state index is 12.0. The number of amidine groups is 1. The summed E-state index contributed by atoms with van der Waals surface area (Å²) in [6, 6.07) is -0.610. The minimum atomic E-state index is -1.30. The quantitative estimate of drug-likeness (QED) is 0.323. The number of allylic oxidation sites excluding steroid dienone is 1. The summed E-state index contributed by atoms with van der Waals surface area (Å²) < 4.78 is 2.41. The molecular weight excluding hydrogens is 491 g/mol. The Morgan fingerprint density at radius 1 is 1.29 bits per heavy atom. The molecule has 0 unspecified atom stereocenters. The van der Waals surface area contributed by atoms with Crippen molar-refractivity contribution in [2.75, 3.05) is 31.9 Å². The third-order valence-electron chi connectivity index (χ3n) is 5.79.